The van der Waals surface area contributed by atoms with Crippen molar-refractivity contribution in [3.63, 3.8) is 0 Å². The third-order valence-corrected chi connectivity index (χ3v) is 7.32. The van der Waals surface area contributed by atoms with Crippen LogP contribution in [0.15, 0.2) is 91.0 Å². The van der Waals surface area contributed by atoms with Gasteiger partial charge in [-0.1, -0.05) is 103 Å². The second-order valence-electron chi connectivity index (χ2n) is 9.91. The van der Waals surface area contributed by atoms with E-state index in [-0.39, 0.29) is 5.95 Å². The third kappa shape index (κ3) is 6.37. The highest BCUT2D eigenvalue weighted by Crippen LogP contribution is 2.40. The van der Waals surface area contributed by atoms with E-state index in [1.807, 2.05) is 91.0 Å². The molecule has 4 atom stereocenters. The third-order valence-electron chi connectivity index (χ3n) is 7.03. The molecule has 0 unspecified atom stereocenters. The Bertz CT molecular complexity index is 1610. The number of aromatic nitrogens is 4. The Morgan fingerprint density at radius 1 is 0.780 bits per heavy atom. The van der Waals surface area contributed by atoms with Gasteiger partial charge in [0.25, 0.3) is 0 Å². The molecule has 10 heteroatoms. The fourth-order valence-electron chi connectivity index (χ4n) is 5.04. The molecule has 0 amide bonds. The van der Waals surface area contributed by atoms with Crippen LogP contribution in [-0.2, 0) is 38.8 Å². The number of rotatable bonds is 11. The number of nitrogens with two attached hydrogens (primary N) is 1. The van der Waals surface area contributed by atoms with Crippen LogP contribution in [0.1, 0.15) is 28.5 Å². The van der Waals surface area contributed by atoms with Crippen molar-refractivity contribution in [1.82, 2.24) is 20.2 Å². The summed E-state index contributed by atoms with van der Waals surface area (Å²) in [6, 6.07) is 30.1. The Hall–Kier alpha value is -3.93. The standard InChI is InChI=1S/C31H31N5O4S/c32-31-33-24-25(35-36-26(24)30(41)34-31)28-29(39-18-22-14-8-3-9-15-22)27(38-17-21-12-6-2-7-13-21)23(40-28)19-37-16-20-10-4-1-5-11-20/h1-15,23,27-29H,16-19H2,(H,35,36)(H3,32,33,34,41)/t23-,27-,28+,29+/m1/s1. The Morgan fingerprint density at radius 3 is 1.95 bits per heavy atom. The lowest BCUT2D eigenvalue weighted by atomic mass is 10.0. The van der Waals surface area contributed by atoms with Crippen molar-refractivity contribution in [3.8, 4) is 0 Å². The molecule has 1 aliphatic rings. The highest BCUT2D eigenvalue weighted by molar-refractivity contribution is 7.71. The summed E-state index contributed by atoms with van der Waals surface area (Å²) in [7, 11) is 0. The van der Waals surface area contributed by atoms with E-state index < -0.39 is 24.4 Å². The van der Waals surface area contributed by atoms with Gasteiger partial charge in [0.2, 0.25) is 0 Å². The second-order valence-corrected chi connectivity index (χ2v) is 10.3. The first kappa shape index (κ1) is 27.3. The average molecular weight is 570 g/mol. The van der Waals surface area contributed by atoms with E-state index in [4.69, 9.17) is 36.9 Å². The minimum absolute atomic E-state index is 0.199. The molecule has 9 nitrogen and oxygen atoms in total. The predicted octanol–water partition coefficient (Wildman–Crippen LogP) is 5.43. The molecular weight excluding hydrogens is 538 g/mol. The largest absolute Gasteiger partial charge is 0.374 e. The molecule has 3 heterocycles. The second kappa shape index (κ2) is 12.7. The van der Waals surface area contributed by atoms with E-state index >= 15 is 0 Å². The first-order valence-electron chi connectivity index (χ1n) is 13.5. The molecule has 2 aromatic heterocycles. The molecule has 1 saturated heterocycles. The Balaban J connectivity index is 1.32. The molecule has 5 aromatic rings. The number of fused-ring (bicyclic) bond motifs is 1. The van der Waals surface area contributed by atoms with E-state index in [0.29, 0.717) is 47.8 Å². The summed E-state index contributed by atoms with van der Waals surface area (Å²) >= 11 is 5.41. The first-order chi connectivity index (χ1) is 20.2. The Kier molecular flexibility index (Phi) is 8.45. The quantitative estimate of drug-likeness (QED) is 0.180. The minimum Gasteiger partial charge on any atom is -0.374 e. The van der Waals surface area contributed by atoms with Gasteiger partial charge in [0.05, 0.1) is 37.6 Å². The van der Waals surface area contributed by atoms with E-state index in [9.17, 15) is 0 Å². The van der Waals surface area contributed by atoms with Crippen molar-refractivity contribution in [2.24, 2.45) is 0 Å². The normalized spacial score (nSPS) is 20.5. The SMILES string of the molecule is Nc1nc(=S)c2n[nH]c([C@@H]3O[C@H](COCc4ccccc4)[C@@H](OCc4ccccc4)[C@@H]3OCc3ccccc3)c2[nH]1. The van der Waals surface area contributed by atoms with Gasteiger partial charge in [-0.25, -0.2) is 4.98 Å². The van der Waals surface area contributed by atoms with E-state index in [0.717, 1.165) is 16.7 Å². The van der Waals surface area contributed by atoms with E-state index in [2.05, 4.69) is 20.2 Å². The molecule has 1 fully saturated rings. The molecule has 0 spiro atoms. The predicted molar refractivity (Wildman–Crippen MR) is 157 cm³/mol. The Morgan fingerprint density at radius 2 is 1.34 bits per heavy atom. The highest BCUT2D eigenvalue weighted by Gasteiger charge is 2.48. The average Bonchev–Trinajstić information content (AvgIpc) is 3.57. The molecule has 41 heavy (non-hydrogen) atoms. The molecule has 4 N–H and O–H groups in total. The van der Waals surface area contributed by atoms with Crippen LogP contribution in [0.2, 0.25) is 0 Å². The number of ether oxygens (including phenoxy) is 4. The molecule has 0 radical (unpaired) electrons. The van der Waals surface area contributed by atoms with Crippen molar-refractivity contribution in [3.05, 3.63) is 118 Å². The summed E-state index contributed by atoms with van der Waals surface area (Å²) in [5, 5.41) is 7.52. The molecule has 0 bridgehead atoms. The van der Waals surface area contributed by atoms with E-state index in [1.54, 1.807) is 0 Å². The van der Waals surface area contributed by atoms with Crippen LogP contribution in [-0.4, -0.2) is 45.1 Å². The molecular formula is C31H31N5O4S. The molecule has 6 rings (SSSR count). The number of benzene rings is 3. The van der Waals surface area contributed by atoms with Crippen LogP contribution in [0.5, 0.6) is 0 Å². The van der Waals surface area contributed by atoms with Gasteiger partial charge < -0.3 is 29.7 Å². The number of nitrogens with zero attached hydrogens (tertiary/aromatic N) is 2. The molecule has 1 aliphatic heterocycles. The fourth-order valence-corrected chi connectivity index (χ4v) is 5.29. The van der Waals surface area contributed by atoms with Crippen molar-refractivity contribution in [2.45, 2.75) is 44.2 Å². The number of anilines is 1. The number of hydrogen-bond donors (Lipinski definition) is 3. The first-order valence-corrected chi connectivity index (χ1v) is 13.9. The number of H-pyrrole nitrogens is 2. The lowest BCUT2D eigenvalue weighted by Gasteiger charge is -2.25. The van der Waals surface area contributed by atoms with Gasteiger partial charge in [-0.3, -0.25) is 5.10 Å². The van der Waals surface area contributed by atoms with Gasteiger partial charge in [0.1, 0.15) is 29.9 Å². The number of aromatic amines is 2. The monoisotopic (exact) mass is 569 g/mol. The van der Waals surface area contributed by atoms with Gasteiger partial charge in [0, 0.05) is 0 Å². The van der Waals surface area contributed by atoms with Crippen molar-refractivity contribution in [2.75, 3.05) is 12.3 Å². The fraction of sp³-hybridized carbons (Fsp3) is 0.258. The summed E-state index contributed by atoms with van der Waals surface area (Å²) in [6.07, 6.45) is -1.93. The summed E-state index contributed by atoms with van der Waals surface area (Å²) in [5.74, 6) is 0.199. The zero-order chi connectivity index (χ0) is 28.0. The zero-order valence-electron chi connectivity index (χ0n) is 22.3. The van der Waals surface area contributed by atoms with Crippen LogP contribution in [0, 0.1) is 4.64 Å². The summed E-state index contributed by atoms with van der Waals surface area (Å²) in [6.45, 7) is 1.53. The molecule has 0 aliphatic carbocycles. The maximum atomic E-state index is 6.67. The minimum atomic E-state index is -0.567. The van der Waals surface area contributed by atoms with E-state index in [1.165, 1.54) is 0 Å². The molecule has 210 valence electrons. The van der Waals surface area contributed by atoms with Crippen LogP contribution in [0.4, 0.5) is 5.95 Å². The van der Waals surface area contributed by atoms with Gasteiger partial charge in [-0.2, -0.15) is 5.10 Å². The van der Waals surface area contributed by atoms with Gasteiger partial charge >= 0.3 is 0 Å². The smallest absolute Gasteiger partial charge is 0.199 e. The number of nitrogens with one attached hydrogen (secondary N) is 2. The Labute approximate surface area is 242 Å². The number of hydrogen-bond acceptors (Lipinski definition) is 8. The van der Waals surface area contributed by atoms with Crippen LogP contribution >= 0.6 is 12.2 Å². The lowest BCUT2D eigenvalue weighted by Crippen LogP contribution is -2.37. The highest BCUT2D eigenvalue weighted by atomic mass is 32.1. The van der Waals surface area contributed by atoms with Crippen molar-refractivity contribution < 1.29 is 18.9 Å². The molecule has 3 aromatic carbocycles. The van der Waals surface area contributed by atoms with Gasteiger partial charge in [-0.15, -0.1) is 0 Å². The van der Waals surface area contributed by atoms with Gasteiger partial charge in [-0.05, 0) is 16.7 Å². The van der Waals surface area contributed by atoms with Crippen molar-refractivity contribution >= 4 is 29.2 Å². The van der Waals surface area contributed by atoms with Crippen LogP contribution < -0.4 is 5.73 Å². The maximum absolute atomic E-state index is 6.67. The van der Waals surface area contributed by atoms with Crippen LogP contribution in [0.3, 0.4) is 0 Å². The summed E-state index contributed by atoms with van der Waals surface area (Å²) in [5.41, 5.74) is 11.0. The van der Waals surface area contributed by atoms with Crippen LogP contribution in [0.25, 0.3) is 11.0 Å². The summed E-state index contributed by atoms with van der Waals surface area (Å²) in [4.78, 5) is 7.24. The van der Waals surface area contributed by atoms with Gasteiger partial charge in [0.15, 0.2) is 10.6 Å². The number of nitrogen functional groups attached to an aromatic ring is 1. The summed E-state index contributed by atoms with van der Waals surface area (Å²) < 4.78 is 26.3. The zero-order valence-corrected chi connectivity index (χ0v) is 23.1. The topological polar surface area (TPSA) is 120 Å². The lowest BCUT2D eigenvalue weighted by molar-refractivity contribution is -0.0898. The maximum Gasteiger partial charge on any atom is 0.199 e. The molecule has 0 saturated carbocycles. The van der Waals surface area contributed by atoms with Crippen molar-refractivity contribution in [1.29, 1.82) is 0 Å².